The maximum absolute atomic E-state index is 13.3. The van der Waals surface area contributed by atoms with Crippen LogP contribution < -0.4 is 11.0 Å². The molecule has 4 aromatic heterocycles. The molecule has 1 aliphatic carbocycles. The Morgan fingerprint density at radius 2 is 2.09 bits per heavy atom. The number of pyridine rings is 2. The van der Waals surface area contributed by atoms with E-state index in [4.69, 9.17) is 9.15 Å². The van der Waals surface area contributed by atoms with Gasteiger partial charge in [0.1, 0.15) is 22.6 Å². The molecule has 1 saturated carbocycles. The number of ether oxygens (including phenoxy) is 1. The molecule has 0 spiro atoms. The van der Waals surface area contributed by atoms with E-state index in [2.05, 4.69) is 9.98 Å². The van der Waals surface area contributed by atoms with Crippen molar-refractivity contribution in [3.05, 3.63) is 76.0 Å². The maximum atomic E-state index is 13.3. The van der Waals surface area contributed by atoms with E-state index in [0.29, 0.717) is 17.1 Å². The second-order valence-electron chi connectivity index (χ2n) is 7.57. The standard InChI is InChI=1S/C23H20N4O5/c1-2-31-23(30)17-12-16-19(24-18-7-3-4-10-26(18)22(16)29)27(13-15-6-5-11-32-15)20(17)25-21(28)14-8-9-14/h3-7,10-12,14H,2,8-9,13H2,1H3. The van der Waals surface area contributed by atoms with E-state index in [1.54, 1.807) is 48.0 Å². The molecule has 1 aliphatic rings. The highest BCUT2D eigenvalue weighted by Crippen LogP contribution is 2.30. The van der Waals surface area contributed by atoms with E-state index < -0.39 is 5.97 Å². The number of carbonyl (C=O) groups excluding carboxylic acids is 2. The number of hydrogen-bond acceptors (Lipinski definition) is 6. The number of fused-ring (bicyclic) bond motifs is 2. The fourth-order valence-electron chi connectivity index (χ4n) is 3.59. The number of esters is 1. The van der Waals surface area contributed by atoms with Crippen LogP contribution in [0.4, 0.5) is 0 Å². The molecule has 32 heavy (non-hydrogen) atoms. The zero-order valence-corrected chi connectivity index (χ0v) is 17.4. The van der Waals surface area contributed by atoms with E-state index in [9.17, 15) is 14.4 Å². The van der Waals surface area contributed by atoms with Crippen LogP contribution in [0.25, 0.3) is 16.7 Å². The number of furan rings is 1. The van der Waals surface area contributed by atoms with Crippen LogP contribution in [-0.2, 0) is 16.1 Å². The van der Waals surface area contributed by atoms with Gasteiger partial charge >= 0.3 is 5.97 Å². The summed E-state index contributed by atoms with van der Waals surface area (Å²) in [4.78, 5) is 47.7. The number of rotatable bonds is 5. The maximum Gasteiger partial charge on any atom is 0.341 e. The van der Waals surface area contributed by atoms with Crippen molar-refractivity contribution in [2.24, 2.45) is 10.9 Å². The van der Waals surface area contributed by atoms with Gasteiger partial charge in [-0.25, -0.2) is 9.78 Å². The van der Waals surface area contributed by atoms with Crippen LogP contribution in [0.3, 0.4) is 0 Å². The van der Waals surface area contributed by atoms with Gasteiger partial charge in [0.25, 0.3) is 11.5 Å². The summed E-state index contributed by atoms with van der Waals surface area (Å²) in [7, 11) is 0. The highest BCUT2D eigenvalue weighted by molar-refractivity contribution is 5.94. The van der Waals surface area contributed by atoms with Gasteiger partial charge in [0.15, 0.2) is 5.49 Å². The molecule has 0 saturated heterocycles. The Morgan fingerprint density at radius 3 is 2.81 bits per heavy atom. The van der Waals surface area contributed by atoms with Crippen LogP contribution in [0.5, 0.6) is 0 Å². The molecule has 0 aliphatic heterocycles. The van der Waals surface area contributed by atoms with Crippen molar-refractivity contribution in [1.82, 2.24) is 14.0 Å². The van der Waals surface area contributed by atoms with Crippen molar-refractivity contribution in [3.63, 3.8) is 0 Å². The van der Waals surface area contributed by atoms with Crippen molar-refractivity contribution in [1.29, 1.82) is 0 Å². The Kier molecular flexibility index (Phi) is 4.93. The third-order valence-electron chi connectivity index (χ3n) is 5.32. The van der Waals surface area contributed by atoms with Gasteiger partial charge in [-0.1, -0.05) is 6.07 Å². The van der Waals surface area contributed by atoms with Crippen LogP contribution in [0.1, 0.15) is 35.9 Å². The van der Waals surface area contributed by atoms with Crippen molar-refractivity contribution in [2.45, 2.75) is 26.3 Å². The summed E-state index contributed by atoms with van der Waals surface area (Å²) in [5.74, 6) is -0.557. The van der Waals surface area contributed by atoms with Crippen LogP contribution in [-0.4, -0.2) is 32.4 Å². The van der Waals surface area contributed by atoms with E-state index >= 15 is 0 Å². The van der Waals surface area contributed by atoms with Gasteiger partial charge in [-0.3, -0.25) is 14.0 Å². The first-order chi connectivity index (χ1) is 15.6. The monoisotopic (exact) mass is 432 g/mol. The fraction of sp³-hybridized carbons (Fsp3) is 0.261. The molecule has 0 N–H and O–H groups in total. The van der Waals surface area contributed by atoms with Gasteiger partial charge in [-0.2, -0.15) is 4.99 Å². The lowest BCUT2D eigenvalue weighted by atomic mass is 10.2. The zero-order chi connectivity index (χ0) is 22.2. The Balaban J connectivity index is 1.90. The summed E-state index contributed by atoms with van der Waals surface area (Å²) in [5, 5.41) is 0.209. The molecule has 9 nitrogen and oxygen atoms in total. The largest absolute Gasteiger partial charge is 0.467 e. The van der Waals surface area contributed by atoms with Crippen LogP contribution in [0.15, 0.2) is 63.1 Å². The third-order valence-corrected chi connectivity index (χ3v) is 5.32. The first kappa shape index (κ1) is 19.9. The SMILES string of the molecule is CCOC(=O)c1cc2c(=O)n3ccccc3nc2n(Cc2ccco2)c1=NC(=O)C1CC1. The quantitative estimate of drug-likeness (QED) is 0.354. The molecule has 5 rings (SSSR count). The predicted molar refractivity (Wildman–Crippen MR) is 114 cm³/mol. The third kappa shape index (κ3) is 3.51. The van der Waals surface area contributed by atoms with E-state index in [1.807, 2.05) is 0 Å². The predicted octanol–water partition coefficient (Wildman–Crippen LogP) is 2.30. The molecule has 0 atom stereocenters. The highest BCUT2D eigenvalue weighted by Gasteiger charge is 2.30. The molecule has 4 aromatic rings. The van der Waals surface area contributed by atoms with Gasteiger partial charge in [-0.15, -0.1) is 0 Å². The fourth-order valence-corrected chi connectivity index (χ4v) is 3.59. The number of nitrogens with zero attached hydrogens (tertiary/aromatic N) is 4. The van der Waals surface area contributed by atoms with Gasteiger partial charge in [0.05, 0.1) is 24.8 Å². The summed E-state index contributed by atoms with van der Waals surface area (Å²) in [5.41, 5.74) is 0.532. The van der Waals surface area contributed by atoms with E-state index in [0.717, 1.165) is 12.8 Å². The molecule has 0 unspecified atom stereocenters. The van der Waals surface area contributed by atoms with Gasteiger partial charge in [0, 0.05) is 12.1 Å². The minimum atomic E-state index is -0.664. The van der Waals surface area contributed by atoms with E-state index in [-0.39, 0.29) is 47.0 Å². The molecule has 162 valence electrons. The zero-order valence-electron chi connectivity index (χ0n) is 17.4. The average Bonchev–Trinajstić information content (AvgIpc) is 3.52. The average molecular weight is 432 g/mol. The Morgan fingerprint density at radius 1 is 1.25 bits per heavy atom. The molecule has 1 fully saturated rings. The smallest absolute Gasteiger partial charge is 0.341 e. The minimum Gasteiger partial charge on any atom is -0.467 e. The molecule has 0 aromatic carbocycles. The summed E-state index contributed by atoms with van der Waals surface area (Å²) in [6.45, 7) is 1.95. The Labute approximate surface area is 181 Å². The second kappa shape index (κ2) is 7.92. The highest BCUT2D eigenvalue weighted by atomic mass is 16.5. The normalized spacial score (nSPS) is 14.2. The van der Waals surface area contributed by atoms with Gasteiger partial charge < -0.3 is 13.7 Å². The number of hydrogen-bond donors (Lipinski definition) is 0. The van der Waals surface area contributed by atoms with Gasteiger partial charge in [-0.05, 0) is 50.1 Å². The summed E-state index contributed by atoms with van der Waals surface area (Å²) < 4.78 is 13.7. The molecule has 0 radical (unpaired) electrons. The molecule has 1 amide bonds. The van der Waals surface area contributed by atoms with Crippen molar-refractivity contribution >= 4 is 28.6 Å². The van der Waals surface area contributed by atoms with Crippen LogP contribution in [0, 0.1) is 5.92 Å². The van der Waals surface area contributed by atoms with Crippen LogP contribution >= 0.6 is 0 Å². The lowest BCUT2D eigenvalue weighted by Crippen LogP contribution is -2.33. The Hall–Kier alpha value is -4.01. The minimum absolute atomic E-state index is 0.0367. The van der Waals surface area contributed by atoms with Crippen molar-refractivity contribution < 1.29 is 18.7 Å². The first-order valence-corrected chi connectivity index (χ1v) is 10.4. The molecular weight excluding hydrogens is 412 g/mol. The second-order valence-corrected chi connectivity index (χ2v) is 7.57. The van der Waals surface area contributed by atoms with Crippen LogP contribution in [0.2, 0.25) is 0 Å². The van der Waals surface area contributed by atoms with Crippen molar-refractivity contribution in [2.75, 3.05) is 6.61 Å². The number of carbonyl (C=O) groups is 2. The lowest BCUT2D eigenvalue weighted by molar-refractivity contribution is -0.119. The van der Waals surface area contributed by atoms with E-state index in [1.165, 1.54) is 16.7 Å². The van der Waals surface area contributed by atoms with Gasteiger partial charge in [0.2, 0.25) is 0 Å². The molecular formula is C23H20N4O5. The first-order valence-electron chi connectivity index (χ1n) is 10.4. The molecule has 0 bridgehead atoms. The topological polar surface area (TPSA) is 108 Å². The Bertz CT molecular complexity index is 1480. The summed E-state index contributed by atoms with van der Waals surface area (Å²) in [6.07, 6.45) is 4.68. The summed E-state index contributed by atoms with van der Waals surface area (Å²) in [6, 6.07) is 10.1. The summed E-state index contributed by atoms with van der Waals surface area (Å²) >= 11 is 0. The lowest BCUT2D eigenvalue weighted by Gasteiger charge is -2.14. The number of aromatic nitrogens is 3. The number of amides is 1. The molecule has 9 heteroatoms. The molecule has 4 heterocycles. The van der Waals surface area contributed by atoms with Crippen molar-refractivity contribution in [3.8, 4) is 0 Å².